The van der Waals surface area contributed by atoms with Gasteiger partial charge in [0.1, 0.15) is 13.2 Å². The highest BCUT2D eigenvalue weighted by Gasteiger charge is 2.19. The molecule has 0 fully saturated rings. The van der Waals surface area contributed by atoms with Crippen LogP contribution in [-0.2, 0) is 28.6 Å². The normalized spacial score (nSPS) is 13.2. The van der Waals surface area contributed by atoms with Crippen molar-refractivity contribution >= 4 is 17.9 Å². The third-order valence-corrected chi connectivity index (χ3v) is 9.46. The maximum Gasteiger partial charge on any atom is 0.306 e. The molecule has 0 saturated heterocycles. The van der Waals surface area contributed by atoms with E-state index in [1.807, 2.05) is 0 Å². The summed E-state index contributed by atoms with van der Waals surface area (Å²) in [5, 5.41) is 0. The average molecular weight is 843 g/mol. The minimum Gasteiger partial charge on any atom is -0.462 e. The van der Waals surface area contributed by atoms with E-state index < -0.39 is 6.10 Å². The Bertz CT molecular complexity index is 1340. The zero-order chi connectivity index (χ0) is 44.4. The summed E-state index contributed by atoms with van der Waals surface area (Å²) >= 11 is 0. The highest BCUT2D eigenvalue weighted by molar-refractivity contribution is 5.71. The third-order valence-electron chi connectivity index (χ3n) is 9.46. The molecule has 0 radical (unpaired) electrons. The van der Waals surface area contributed by atoms with Crippen LogP contribution in [0.2, 0.25) is 0 Å². The molecule has 6 heteroatoms. The van der Waals surface area contributed by atoms with E-state index in [-0.39, 0.29) is 37.5 Å². The molecule has 0 aliphatic rings. The van der Waals surface area contributed by atoms with Gasteiger partial charge in [-0.2, -0.15) is 0 Å². The number of unbranched alkanes of at least 4 members (excludes halogenated alkanes) is 11. The van der Waals surface area contributed by atoms with E-state index in [2.05, 4.69) is 142 Å². The number of carbonyl (C=O) groups is 3. The lowest BCUT2D eigenvalue weighted by molar-refractivity contribution is -0.167. The van der Waals surface area contributed by atoms with Crippen LogP contribution < -0.4 is 0 Å². The van der Waals surface area contributed by atoms with E-state index in [1.165, 1.54) is 12.8 Å². The Balaban J connectivity index is 4.55. The monoisotopic (exact) mass is 843 g/mol. The Labute approximate surface area is 373 Å². The molecule has 0 aromatic rings. The molecule has 0 spiro atoms. The van der Waals surface area contributed by atoms with Crippen molar-refractivity contribution in [2.45, 2.75) is 194 Å². The summed E-state index contributed by atoms with van der Waals surface area (Å²) in [4.78, 5) is 37.8. The number of carbonyl (C=O) groups excluding carboxylic acids is 3. The Morgan fingerprint density at radius 2 is 0.689 bits per heavy atom. The van der Waals surface area contributed by atoms with Crippen molar-refractivity contribution in [2.24, 2.45) is 0 Å². The van der Waals surface area contributed by atoms with Gasteiger partial charge in [0, 0.05) is 19.3 Å². The van der Waals surface area contributed by atoms with E-state index in [0.717, 1.165) is 128 Å². The van der Waals surface area contributed by atoms with E-state index in [4.69, 9.17) is 14.2 Å². The zero-order valence-corrected chi connectivity index (χ0v) is 38.9. The standard InChI is InChI=1S/C55H86O6/c1-4-7-10-13-16-19-22-24-26-28-30-33-36-39-42-45-48-54(57)60-51-52(50-59-53(56)47-44-41-38-35-32-21-18-15-12-9-6-3)61-55(58)49-46-43-40-37-34-31-29-27-25-23-20-17-14-11-8-5-2/h7-8,10-11,15-21,24-27,30-34,52H,4-6,9,12-14,22-23,28-29,35-51H2,1-3H3/b10-7-,11-8-,18-15-,19-16-,20-17-,26-24-,27-25-,32-21-,33-30-,34-31-. The summed E-state index contributed by atoms with van der Waals surface area (Å²) in [6, 6.07) is 0. The number of ether oxygens (including phenoxy) is 3. The molecular formula is C55H86O6. The molecule has 0 saturated carbocycles. The fourth-order valence-corrected chi connectivity index (χ4v) is 5.87. The van der Waals surface area contributed by atoms with E-state index in [0.29, 0.717) is 19.3 Å². The summed E-state index contributed by atoms with van der Waals surface area (Å²) in [5.41, 5.74) is 0. The van der Waals surface area contributed by atoms with Gasteiger partial charge in [-0.25, -0.2) is 0 Å². The minimum atomic E-state index is -0.821. The maximum absolute atomic E-state index is 12.8. The summed E-state index contributed by atoms with van der Waals surface area (Å²) in [5.74, 6) is -1.02. The first-order valence-corrected chi connectivity index (χ1v) is 24.1. The Morgan fingerprint density at radius 3 is 1.07 bits per heavy atom. The second-order valence-corrected chi connectivity index (χ2v) is 15.3. The van der Waals surface area contributed by atoms with Crippen LogP contribution in [0.1, 0.15) is 188 Å². The molecule has 0 bridgehead atoms. The van der Waals surface area contributed by atoms with Crippen LogP contribution >= 0.6 is 0 Å². The lowest BCUT2D eigenvalue weighted by atomic mass is 10.1. The van der Waals surface area contributed by atoms with Crippen LogP contribution in [0.4, 0.5) is 0 Å². The van der Waals surface area contributed by atoms with Crippen LogP contribution in [0.25, 0.3) is 0 Å². The van der Waals surface area contributed by atoms with Gasteiger partial charge >= 0.3 is 17.9 Å². The lowest BCUT2D eigenvalue weighted by Crippen LogP contribution is -2.30. The molecule has 0 amide bonds. The fourth-order valence-electron chi connectivity index (χ4n) is 5.87. The molecule has 1 atom stereocenters. The third kappa shape index (κ3) is 46.7. The van der Waals surface area contributed by atoms with Crippen molar-refractivity contribution in [3.63, 3.8) is 0 Å². The van der Waals surface area contributed by atoms with E-state index >= 15 is 0 Å². The van der Waals surface area contributed by atoms with Crippen molar-refractivity contribution in [1.29, 1.82) is 0 Å². The van der Waals surface area contributed by atoms with Crippen LogP contribution in [0.15, 0.2) is 122 Å². The van der Waals surface area contributed by atoms with Crippen molar-refractivity contribution < 1.29 is 28.6 Å². The smallest absolute Gasteiger partial charge is 0.306 e. The van der Waals surface area contributed by atoms with Crippen LogP contribution in [0, 0.1) is 0 Å². The summed E-state index contributed by atoms with van der Waals surface area (Å²) in [7, 11) is 0. The van der Waals surface area contributed by atoms with Crippen molar-refractivity contribution in [2.75, 3.05) is 13.2 Å². The molecule has 0 N–H and O–H groups in total. The molecule has 0 aromatic carbocycles. The first kappa shape index (κ1) is 56.8. The largest absolute Gasteiger partial charge is 0.462 e. The van der Waals surface area contributed by atoms with Crippen molar-refractivity contribution in [3.8, 4) is 0 Å². The maximum atomic E-state index is 12.8. The Morgan fingerprint density at radius 1 is 0.361 bits per heavy atom. The van der Waals surface area contributed by atoms with Gasteiger partial charge in [0.2, 0.25) is 0 Å². The SMILES string of the molecule is CC/C=C\C/C=C\C/C=C\C/C=C\CCCCCC(=O)OCC(COC(=O)CCCCC/C=C\C=C/CCCC)OC(=O)CCCCC/C=C\C/C=C\C/C=C\C/C=C\CC. The lowest BCUT2D eigenvalue weighted by Gasteiger charge is -2.18. The van der Waals surface area contributed by atoms with Crippen LogP contribution in [0.3, 0.4) is 0 Å². The number of allylic oxidation sites excluding steroid dienone is 20. The predicted molar refractivity (Wildman–Crippen MR) is 260 cm³/mol. The molecule has 0 aliphatic carbocycles. The van der Waals surface area contributed by atoms with Crippen LogP contribution in [-0.4, -0.2) is 37.2 Å². The number of hydrogen-bond acceptors (Lipinski definition) is 6. The van der Waals surface area contributed by atoms with Crippen LogP contribution in [0.5, 0.6) is 0 Å². The molecule has 0 aliphatic heterocycles. The Kier molecular flexibility index (Phi) is 45.1. The van der Waals surface area contributed by atoms with Gasteiger partial charge in [-0.1, -0.05) is 174 Å². The molecule has 0 heterocycles. The fraction of sp³-hybridized carbons (Fsp3) is 0.582. The van der Waals surface area contributed by atoms with Gasteiger partial charge in [0.25, 0.3) is 0 Å². The van der Waals surface area contributed by atoms with Gasteiger partial charge in [0.15, 0.2) is 6.10 Å². The summed E-state index contributed by atoms with van der Waals surface area (Å²) < 4.78 is 16.7. The molecule has 6 nitrogen and oxygen atoms in total. The topological polar surface area (TPSA) is 78.9 Å². The first-order valence-electron chi connectivity index (χ1n) is 24.1. The molecule has 0 aromatic heterocycles. The second kappa shape index (κ2) is 48.5. The zero-order valence-electron chi connectivity index (χ0n) is 38.9. The van der Waals surface area contributed by atoms with Gasteiger partial charge in [-0.3, -0.25) is 14.4 Å². The summed E-state index contributed by atoms with van der Waals surface area (Å²) in [6.07, 6.45) is 66.1. The highest BCUT2D eigenvalue weighted by Crippen LogP contribution is 2.11. The average Bonchev–Trinajstić information content (AvgIpc) is 3.26. The number of hydrogen-bond donors (Lipinski definition) is 0. The molecule has 1 unspecified atom stereocenters. The number of rotatable bonds is 41. The second-order valence-electron chi connectivity index (χ2n) is 15.3. The van der Waals surface area contributed by atoms with Gasteiger partial charge in [-0.15, -0.1) is 0 Å². The van der Waals surface area contributed by atoms with E-state index in [1.54, 1.807) is 0 Å². The molecule has 342 valence electrons. The number of esters is 3. The molecular weight excluding hydrogens is 757 g/mol. The minimum absolute atomic E-state index is 0.119. The van der Waals surface area contributed by atoms with Crippen molar-refractivity contribution in [1.82, 2.24) is 0 Å². The predicted octanol–water partition coefficient (Wildman–Crippen LogP) is 15.7. The van der Waals surface area contributed by atoms with Crippen molar-refractivity contribution in [3.05, 3.63) is 122 Å². The highest BCUT2D eigenvalue weighted by atomic mass is 16.6. The van der Waals surface area contributed by atoms with Gasteiger partial charge in [-0.05, 0) is 116 Å². The first-order chi connectivity index (χ1) is 30.0. The quantitative estimate of drug-likeness (QED) is 0.0201. The molecule has 0 rings (SSSR count). The van der Waals surface area contributed by atoms with Gasteiger partial charge < -0.3 is 14.2 Å². The molecule has 61 heavy (non-hydrogen) atoms. The Hall–Kier alpha value is -4.19. The van der Waals surface area contributed by atoms with Gasteiger partial charge in [0.05, 0.1) is 0 Å². The van der Waals surface area contributed by atoms with E-state index in [9.17, 15) is 14.4 Å². The summed E-state index contributed by atoms with van der Waals surface area (Å²) in [6.45, 7) is 6.24.